The first kappa shape index (κ1) is 13.5. The van der Waals surface area contributed by atoms with E-state index in [1.54, 1.807) is 0 Å². The summed E-state index contributed by atoms with van der Waals surface area (Å²) in [6, 6.07) is 5.20. The quantitative estimate of drug-likeness (QED) is 0.724. The molecule has 1 aliphatic rings. The molecule has 0 fully saturated rings. The molecular formula is C14H13F3N2. The molecule has 19 heavy (non-hydrogen) atoms. The number of rotatable bonds is 1. The third-order valence-electron chi connectivity index (χ3n) is 3.12. The van der Waals surface area contributed by atoms with Crippen LogP contribution in [0.2, 0.25) is 0 Å². The van der Waals surface area contributed by atoms with Crippen molar-refractivity contribution in [1.29, 1.82) is 5.26 Å². The van der Waals surface area contributed by atoms with Gasteiger partial charge in [0.1, 0.15) is 6.07 Å². The molecule has 0 amide bonds. The number of hydrogen-bond acceptors (Lipinski definition) is 2. The van der Waals surface area contributed by atoms with Crippen molar-refractivity contribution in [3.8, 4) is 6.07 Å². The van der Waals surface area contributed by atoms with Crippen LogP contribution >= 0.6 is 0 Å². The van der Waals surface area contributed by atoms with Crippen LogP contribution in [0.15, 0.2) is 29.8 Å². The molecule has 1 aromatic rings. The molecule has 0 radical (unpaired) electrons. The van der Waals surface area contributed by atoms with Crippen molar-refractivity contribution in [2.45, 2.75) is 19.5 Å². The lowest BCUT2D eigenvalue weighted by Crippen LogP contribution is -2.29. The van der Waals surface area contributed by atoms with Crippen LogP contribution in [0.5, 0.6) is 0 Å². The zero-order chi connectivity index (χ0) is 14.0. The van der Waals surface area contributed by atoms with Crippen LogP contribution in [0.25, 0.3) is 0 Å². The molecule has 2 rings (SSSR count). The first-order valence-electron chi connectivity index (χ1n) is 5.94. The predicted octanol–water partition coefficient (Wildman–Crippen LogP) is 3.73. The number of benzene rings is 1. The Morgan fingerprint density at radius 1 is 1.32 bits per heavy atom. The van der Waals surface area contributed by atoms with Crippen molar-refractivity contribution >= 4 is 5.69 Å². The highest BCUT2D eigenvalue weighted by molar-refractivity contribution is 5.61. The fraction of sp³-hybridized carbons (Fsp3) is 0.357. The normalized spacial score (nSPS) is 15.9. The number of anilines is 1. The smallest absolute Gasteiger partial charge is 0.366 e. The van der Waals surface area contributed by atoms with Gasteiger partial charge in [0.05, 0.1) is 16.8 Å². The van der Waals surface area contributed by atoms with Crippen LogP contribution in [0.3, 0.4) is 0 Å². The molecule has 100 valence electrons. The summed E-state index contributed by atoms with van der Waals surface area (Å²) < 4.78 is 37.8. The minimum atomic E-state index is -4.41. The summed E-state index contributed by atoms with van der Waals surface area (Å²) in [7, 11) is 0. The molecule has 0 aromatic heterocycles. The number of halogens is 3. The van der Waals surface area contributed by atoms with Gasteiger partial charge in [0, 0.05) is 13.1 Å². The Balaban J connectivity index is 2.37. The molecule has 0 bridgehead atoms. The average Bonchev–Trinajstić information content (AvgIpc) is 2.37. The summed E-state index contributed by atoms with van der Waals surface area (Å²) in [4.78, 5) is 1.94. The number of alkyl halides is 3. The monoisotopic (exact) mass is 266 g/mol. The van der Waals surface area contributed by atoms with E-state index in [9.17, 15) is 13.2 Å². The van der Waals surface area contributed by atoms with Gasteiger partial charge in [0.15, 0.2) is 0 Å². The molecule has 0 saturated heterocycles. The van der Waals surface area contributed by atoms with E-state index in [-0.39, 0.29) is 5.56 Å². The van der Waals surface area contributed by atoms with Gasteiger partial charge in [-0.05, 0) is 31.5 Å². The molecule has 1 aromatic carbocycles. The first-order chi connectivity index (χ1) is 8.91. The topological polar surface area (TPSA) is 27.0 Å². The molecule has 5 heteroatoms. The Bertz CT molecular complexity index is 553. The van der Waals surface area contributed by atoms with Crippen LogP contribution in [0.4, 0.5) is 18.9 Å². The summed E-state index contributed by atoms with van der Waals surface area (Å²) >= 11 is 0. The maximum absolute atomic E-state index is 12.6. The maximum Gasteiger partial charge on any atom is 0.416 e. The first-order valence-corrected chi connectivity index (χ1v) is 5.94. The summed E-state index contributed by atoms with van der Waals surface area (Å²) in [5.74, 6) is 0. The predicted molar refractivity (Wildman–Crippen MR) is 66.7 cm³/mol. The fourth-order valence-corrected chi connectivity index (χ4v) is 2.19. The minimum Gasteiger partial charge on any atom is -0.366 e. The van der Waals surface area contributed by atoms with E-state index in [4.69, 9.17) is 5.26 Å². The van der Waals surface area contributed by atoms with Crippen LogP contribution in [0.1, 0.15) is 24.5 Å². The van der Waals surface area contributed by atoms with Gasteiger partial charge in [-0.1, -0.05) is 11.6 Å². The van der Waals surface area contributed by atoms with Crippen LogP contribution in [-0.4, -0.2) is 13.1 Å². The zero-order valence-corrected chi connectivity index (χ0v) is 10.5. The molecule has 0 aliphatic carbocycles. The minimum absolute atomic E-state index is 0.0736. The molecule has 0 atom stereocenters. The second-order valence-electron chi connectivity index (χ2n) is 4.60. The molecular weight excluding hydrogens is 253 g/mol. The van der Waals surface area contributed by atoms with Crippen LogP contribution in [0, 0.1) is 11.3 Å². The molecule has 2 nitrogen and oxygen atoms in total. The number of hydrogen-bond donors (Lipinski definition) is 0. The summed E-state index contributed by atoms with van der Waals surface area (Å²) in [6.45, 7) is 3.35. The highest BCUT2D eigenvalue weighted by atomic mass is 19.4. The number of nitrogens with zero attached hydrogens (tertiary/aromatic N) is 2. The van der Waals surface area contributed by atoms with Gasteiger partial charge in [-0.15, -0.1) is 0 Å². The molecule has 0 saturated carbocycles. The Hall–Kier alpha value is -1.96. The van der Waals surface area contributed by atoms with Crippen molar-refractivity contribution in [3.05, 3.63) is 41.0 Å². The molecule has 0 N–H and O–H groups in total. The van der Waals surface area contributed by atoms with Gasteiger partial charge < -0.3 is 4.90 Å². The van der Waals surface area contributed by atoms with Crippen LogP contribution in [-0.2, 0) is 6.18 Å². The highest BCUT2D eigenvalue weighted by Gasteiger charge is 2.31. The van der Waals surface area contributed by atoms with Crippen molar-refractivity contribution < 1.29 is 13.2 Å². The van der Waals surface area contributed by atoms with Crippen molar-refractivity contribution in [3.63, 3.8) is 0 Å². The summed E-state index contributed by atoms with van der Waals surface area (Å²) in [5, 5.41) is 9.05. The van der Waals surface area contributed by atoms with Crippen molar-refractivity contribution in [1.82, 2.24) is 0 Å². The second-order valence-corrected chi connectivity index (χ2v) is 4.60. The van der Waals surface area contributed by atoms with Gasteiger partial charge in [-0.3, -0.25) is 0 Å². The van der Waals surface area contributed by atoms with E-state index in [0.717, 1.165) is 30.7 Å². The van der Waals surface area contributed by atoms with E-state index in [1.807, 2.05) is 17.9 Å². The third kappa shape index (κ3) is 2.90. The van der Waals surface area contributed by atoms with E-state index in [1.165, 1.54) is 6.07 Å². The van der Waals surface area contributed by atoms with Gasteiger partial charge >= 0.3 is 6.18 Å². The largest absolute Gasteiger partial charge is 0.416 e. The maximum atomic E-state index is 12.6. The van der Waals surface area contributed by atoms with E-state index >= 15 is 0 Å². The lowest BCUT2D eigenvalue weighted by molar-refractivity contribution is -0.137. The molecule has 1 aliphatic heterocycles. The van der Waals surface area contributed by atoms with Gasteiger partial charge in [-0.25, -0.2) is 0 Å². The van der Waals surface area contributed by atoms with Crippen LogP contribution < -0.4 is 4.90 Å². The lowest BCUT2D eigenvalue weighted by atomic mass is 10.1. The Morgan fingerprint density at radius 3 is 2.63 bits per heavy atom. The molecule has 0 unspecified atom stereocenters. The Kier molecular flexibility index (Phi) is 3.52. The van der Waals surface area contributed by atoms with Gasteiger partial charge in [-0.2, -0.15) is 18.4 Å². The standard InChI is InChI=1S/C14H13F3N2/c1-10-3-2-6-19(9-10)13-5-4-12(14(15,16)17)7-11(13)8-18/h3-5,7H,2,6,9H2,1H3. The molecule has 0 spiro atoms. The van der Waals surface area contributed by atoms with Crippen molar-refractivity contribution in [2.24, 2.45) is 0 Å². The zero-order valence-electron chi connectivity index (χ0n) is 10.5. The summed E-state index contributed by atoms with van der Waals surface area (Å²) in [5.41, 5.74) is 1.03. The Morgan fingerprint density at radius 2 is 2.05 bits per heavy atom. The van der Waals surface area contributed by atoms with E-state index in [2.05, 4.69) is 6.08 Å². The lowest BCUT2D eigenvalue weighted by Gasteiger charge is -2.29. The highest BCUT2D eigenvalue weighted by Crippen LogP contribution is 2.33. The van der Waals surface area contributed by atoms with E-state index < -0.39 is 11.7 Å². The van der Waals surface area contributed by atoms with E-state index in [0.29, 0.717) is 12.2 Å². The van der Waals surface area contributed by atoms with Gasteiger partial charge in [0.2, 0.25) is 0 Å². The van der Waals surface area contributed by atoms with Gasteiger partial charge in [0.25, 0.3) is 0 Å². The molecule has 1 heterocycles. The third-order valence-corrected chi connectivity index (χ3v) is 3.12. The van der Waals surface area contributed by atoms with Crippen molar-refractivity contribution in [2.75, 3.05) is 18.0 Å². The Labute approximate surface area is 109 Å². The number of nitriles is 1. The second kappa shape index (κ2) is 4.96. The average molecular weight is 266 g/mol. The SMILES string of the molecule is CC1=CCCN(c2ccc(C(F)(F)F)cc2C#N)C1. The fourth-order valence-electron chi connectivity index (χ4n) is 2.19. The summed E-state index contributed by atoms with van der Waals surface area (Å²) in [6.07, 6.45) is -1.47.